The highest BCUT2D eigenvalue weighted by Gasteiger charge is 2.36. The lowest BCUT2D eigenvalue weighted by atomic mass is 9.82. The molecule has 196 valence electrons. The van der Waals surface area contributed by atoms with Gasteiger partial charge in [-0.25, -0.2) is 0 Å². The average molecular weight is 525 g/mol. The minimum absolute atomic E-state index is 0.193. The minimum Gasteiger partial charge on any atom is -0.481 e. The Morgan fingerprint density at radius 2 is 1.81 bits per heavy atom. The Hall–Kier alpha value is -2.93. The number of fused-ring (bicyclic) bond motifs is 1. The van der Waals surface area contributed by atoms with E-state index in [1.165, 1.54) is 4.68 Å². The van der Waals surface area contributed by atoms with Crippen LogP contribution in [0.4, 0.5) is 0 Å². The Balaban J connectivity index is 1.51. The van der Waals surface area contributed by atoms with Gasteiger partial charge in [0.25, 0.3) is 5.91 Å². The predicted molar refractivity (Wildman–Crippen MR) is 140 cm³/mol. The highest BCUT2D eigenvalue weighted by atomic mass is 35.5. The molecule has 0 spiro atoms. The van der Waals surface area contributed by atoms with Gasteiger partial charge in [-0.3, -0.25) is 14.4 Å². The van der Waals surface area contributed by atoms with Crippen molar-refractivity contribution in [3.63, 3.8) is 0 Å². The third kappa shape index (κ3) is 5.24. The van der Waals surface area contributed by atoms with Crippen LogP contribution in [-0.2, 0) is 27.2 Å². The fourth-order valence-electron chi connectivity index (χ4n) is 5.50. The van der Waals surface area contributed by atoms with Crippen molar-refractivity contribution >= 4 is 35.0 Å². The van der Waals surface area contributed by atoms with Gasteiger partial charge in [-0.1, -0.05) is 29.8 Å². The zero-order valence-electron chi connectivity index (χ0n) is 21.6. The van der Waals surface area contributed by atoms with Gasteiger partial charge in [0.05, 0.1) is 33.8 Å². The molecule has 2 unspecified atom stereocenters. The van der Waals surface area contributed by atoms with Gasteiger partial charge < -0.3 is 9.84 Å². The maximum Gasteiger partial charge on any atom is 0.309 e. The molecule has 1 fully saturated rings. The number of carbonyl (C=O) groups is 3. The molecule has 1 saturated carbocycles. The molecule has 3 aliphatic rings. The van der Waals surface area contributed by atoms with Crippen molar-refractivity contribution in [1.82, 2.24) is 9.78 Å². The SMILES string of the molecule is CC(C)(C)OC(=O)C1CC=C(c2nn(C(=O)c3c(Cl)cccc3C3CC3)c3c2CCC(C(=O)O)C3)CC1. The van der Waals surface area contributed by atoms with Gasteiger partial charge in [-0.2, -0.15) is 9.78 Å². The van der Waals surface area contributed by atoms with Crippen LogP contribution < -0.4 is 0 Å². The first kappa shape index (κ1) is 25.7. The number of ether oxygens (including phenoxy) is 1. The number of esters is 1. The number of aliphatic carboxylic acids is 1. The number of aromatic nitrogens is 2. The monoisotopic (exact) mass is 524 g/mol. The van der Waals surface area contributed by atoms with Crippen LogP contribution in [-0.4, -0.2) is 38.3 Å². The van der Waals surface area contributed by atoms with Crippen molar-refractivity contribution in [3.05, 3.63) is 57.4 Å². The number of carbonyl (C=O) groups excluding carboxylic acids is 2. The first-order valence-electron chi connectivity index (χ1n) is 13.1. The molecule has 0 amide bonds. The van der Waals surface area contributed by atoms with E-state index in [1.807, 2.05) is 39.0 Å². The number of hydrogen-bond acceptors (Lipinski definition) is 5. The van der Waals surface area contributed by atoms with Gasteiger partial charge >= 0.3 is 11.9 Å². The molecule has 1 aromatic heterocycles. The molecule has 7 nitrogen and oxygen atoms in total. The molecular formula is C29H33ClN2O5. The summed E-state index contributed by atoms with van der Waals surface area (Å²) in [4.78, 5) is 38.3. The zero-order valence-corrected chi connectivity index (χ0v) is 22.3. The predicted octanol–water partition coefficient (Wildman–Crippen LogP) is 5.82. The lowest BCUT2D eigenvalue weighted by Crippen LogP contribution is -2.29. The number of carboxylic acids is 1. The van der Waals surface area contributed by atoms with Crippen LogP contribution in [0.15, 0.2) is 24.3 Å². The Bertz CT molecular complexity index is 1300. The van der Waals surface area contributed by atoms with Gasteiger partial charge in [0, 0.05) is 12.0 Å². The maximum absolute atomic E-state index is 13.9. The lowest BCUT2D eigenvalue weighted by molar-refractivity contribution is -0.160. The highest BCUT2D eigenvalue weighted by Crippen LogP contribution is 2.44. The van der Waals surface area contributed by atoms with Crippen LogP contribution in [0.5, 0.6) is 0 Å². The van der Waals surface area contributed by atoms with Crippen molar-refractivity contribution in [3.8, 4) is 0 Å². The summed E-state index contributed by atoms with van der Waals surface area (Å²) < 4.78 is 6.98. The van der Waals surface area contributed by atoms with Gasteiger partial charge in [0.2, 0.25) is 0 Å². The minimum atomic E-state index is -0.860. The third-order valence-corrected chi connectivity index (χ3v) is 7.86. The highest BCUT2D eigenvalue weighted by molar-refractivity contribution is 6.34. The molecule has 1 heterocycles. The molecule has 1 aromatic carbocycles. The van der Waals surface area contributed by atoms with Crippen molar-refractivity contribution in [2.75, 3.05) is 0 Å². The number of nitrogens with zero attached hydrogens (tertiary/aromatic N) is 2. The molecule has 1 N–H and O–H groups in total. The fourth-order valence-corrected chi connectivity index (χ4v) is 5.77. The molecular weight excluding hydrogens is 492 g/mol. The van der Waals surface area contributed by atoms with E-state index in [4.69, 9.17) is 21.4 Å². The molecule has 0 radical (unpaired) electrons. The van der Waals surface area contributed by atoms with Crippen LogP contribution in [0.3, 0.4) is 0 Å². The quantitative estimate of drug-likeness (QED) is 0.495. The van der Waals surface area contributed by atoms with Crippen LogP contribution in [0, 0.1) is 11.8 Å². The number of hydrogen-bond donors (Lipinski definition) is 1. The number of allylic oxidation sites excluding steroid dienone is 2. The summed E-state index contributed by atoms with van der Waals surface area (Å²) >= 11 is 6.54. The van der Waals surface area contributed by atoms with Gasteiger partial charge in [0.15, 0.2) is 0 Å². The van der Waals surface area contributed by atoms with Crippen LogP contribution in [0.2, 0.25) is 5.02 Å². The molecule has 0 bridgehead atoms. The van der Waals surface area contributed by atoms with E-state index >= 15 is 0 Å². The fraction of sp³-hybridized carbons (Fsp3) is 0.517. The lowest BCUT2D eigenvalue weighted by Gasteiger charge is -2.26. The van der Waals surface area contributed by atoms with E-state index in [9.17, 15) is 19.5 Å². The first-order chi connectivity index (χ1) is 17.5. The summed E-state index contributed by atoms with van der Waals surface area (Å²) in [6, 6.07) is 5.54. The standard InChI is InChI=1S/C29H33ClN2O5/c1-29(2,3)37-28(36)18-11-9-17(10-12-18)25-21-14-13-19(27(34)35)15-23(21)32(31-25)26(33)24-20(16-7-8-16)5-4-6-22(24)30/h4-6,9,16,18-19H,7-8,10-15H2,1-3H3,(H,34,35). The Morgan fingerprint density at radius 3 is 2.43 bits per heavy atom. The number of rotatable bonds is 5. The van der Waals surface area contributed by atoms with Gasteiger partial charge in [-0.05, 0) is 88.8 Å². The van der Waals surface area contributed by atoms with Crippen LogP contribution in [0.25, 0.3) is 5.57 Å². The molecule has 2 atom stereocenters. The van der Waals surface area contributed by atoms with Crippen molar-refractivity contribution in [1.29, 1.82) is 0 Å². The Labute approximate surface area is 221 Å². The zero-order chi connectivity index (χ0) is 26.5. The van der Waals surface area contributed by atoms with Crippen molar-refractivity contribution in [2.24, 2.45) is 11.8 Å². The van der Waals surface area contributed by atoms with E-state index in [-0.39, 0.29) is 24.2 Å². The second-order valence-corrected chi connectivity index (χ2v) is 11.9. The second-order valence-electron chi connectivity index (χ2n) is 11.5. The van der Waals surface area contributed by atoms with Gasteiger partial charge in [0.1, 0.15) is 5.60 Å². The average Bonchev–Trinajstić information content (AvgIpc) is 3.62. The number of benzene rings is 1. The summed E-state index contributed by atoms with van der Waals surface area (Å²) in [6.45, 7) is 5.59. The third-order valence-electron chi connectivity index (χ3n) is 7.55. The van der Waals surface area contributed by atoms with E-state index in [0.717, 1.165) is 35.2 Å². The van der Waals surface area contributed by atoms with Crippen molar-refractivity contribution < 1.29 is 24.2 Å². The summed E-state index contributed by atoms with van der Waals surface area (Å²) in [6.07, 6.45) is 7.21. The molecule has 37 heavy (non-hydrogen) atoms. The Morgan fingerprint density at radius 1 is 1.08 bits per heavy atom. The summed E-state index contributed by atoms with van der Waals surface area (Å²) in [5.74, 6) is -1.80. The van der Waals surface area contributed by atoms with Crippen molar-refractivity contribution in [2.45, 2.75) is 83.7 Å². The Kier molecular flexibility index (Phi) is 6.77. The summed E-state index contributed by atoms with van der Waals surface area (Å²) in [7, 11) is 0. The number of halogens is 1. The van der Waals surface area contributed by atoms with Gasteiger partial charge in [-0.15, -0.1) is 0 Å². The molecule has 3 aliphatic carbocycles. The second kappa shape index (κ2) is 9.75. The molecule has 0 saturated heterocycles. The summed E-state index contributed by atoms with van der Waals surface area (Å²) in [5, 5.41) is 14.9. The van der Waals surface area contributed by atoms with Crippen LogP contribution >= 0.6 is 11.6 Å². The smallest absolute Gasteiger partial charge is 0.309 e. The maximum atomic E-state index is 13.9. The topological polar surface area (TPSA) is 98.5 Å². The molecule has 0 aliphatic heterocycles. The van der Waals surface area contributed by atoms with E-state index in [0.29, 0.717) is 54.3 Å². The molecule has 5 rings (SSSR count). The van der Waals surface area contributed by atoms with E-state index in [1.54, 1.807) is 6.07 Å². The van der Waals surface area contributed by atoms with E-state index in [2.05, 4.69) is 0 Å². The number of carboxylic acid groups (broad SMARTS) is 1. The molecule has 2 aromatic rings. The first-order valence-corrected chi connectivity index (χ1v) is 13.5. The van der Waals surface area contributed by atoms with E-state index < -0.39 is 17.5 Å². The molecule has 8 heteroatoms. The van der Waals surface area contributed by atoms with Crippen LogP contribution in [0.1, 0.15) is 98.1 Å². The summed E-state index contributed by atoms with van der Waals surface area (Å²) in [5.41, 5.74) is 4.21. The largest absolute Gasteiger partial charge is 0.481 e. The normalized spacial score (nSPS) is 21.7.